The van der Waals surface area contributed by atoms with Gasteiger partial charge in [-0.25, -0.2) is 4.98 Å². The molecule has 5 heteroatoms. The van der Waals surface area contributed by atoms with Crippen LogP contribution >= 0.6 is 11.3 Å². The number of nitrogens with zero attached hydrogens (tertiary/aromatic N) is 1. The van der Waals surface area contributed by atoms with Gasteiger partial charge in [-0.05, 0) is 24.5 Å². The van der Waals surface area contributed by atoms with Crippen molar-refractivity contribution in [2.24, 2.45) is 0 Å². The molecule has 0 aliphatic heterocycles. The maximum atomic E-state index is 12.3. The lowest BCUT2D eigenvalue weighted by Crippen LogP contribution is -2.12. The molecule has 0 aliphatic carbocycles. The second-order valence-electron chi connectivity index (χ2n) is 5.16. The van der Waals surface area contributed by atoms with Gasteiger partial charge in [-0.2, -0.15) is 0 Å². The third-order valence-corrected chi connectivity index (χ3v) is 4.66. The molecule has 3 rings (SSSR count). The summed E-state index contributed by atoms with van der Waals surface area (Å²) in [4.78, 5) is 21.6. The summed E-state index contributed by atoms with van der Waals surface area (Å²) in [7, 11) is 0. The van der Waals surface area contributed by atoms with Crippen LogP contribution in [0.2, 0.25) is 0 Å². The van der Waals surface area contributed by atoms with Gasteiger partial charge in [0.15, 0.2) is 0 Å². The van der Waals surface area contributed by atoms with Crippen molar-refractivity contribution in [1.29, 1.82) is 0 Å². The molecule has 0 bridgehead atoms. The molecule has 0 saturated heterocycles. The van der Waals surface area contributed by atoms with E-state index in [-0.39, 0.29) is 5.56 Å². The van der Waals surface area contributed by atoms with Crippen LogP contribution in [0.15, 0.2) is 35.1 Å². The van der Waals surface area contributed by atoms with Crippen molar-refractivity contribution in [3.05, 3.63) is 62.5 Å². The van der Waals surface area contributed by atoms with Crippen LogP contribution in [0.3, 0.4) is 0 Å². The smallest absolute Gasteiger partial charge is 0.260 e. The normalized spacial score (nSPS) is 11.2. The summed E-state index contributed by atoms with van der Waals surface area (Å²) >= 11 is 1.57. The highest BCUT2D eigenvalue weighted by molar-refractivity contribution is 7.18. The first-order valence-corrected chi connectivity index (χ1v) is 8.13. The van der Waals surface area contributed by atoms with E-state index in [4.69, 9.17) is 4.74 Å². The fourth-order valence-electron chi connectivity index (χ4n) is 2.55. The highest BCUT2D eigenvalue weighted by atomic mass is 32.1. The number of ether oxygens (including phenoxy) is 1. The van der Waals surface area contributed by atoms with E-state index in [2.05, 4.69) is 16.9 Å². The lowest BCUT2D eigenvalue weighted by molar-refractivity contribution is 0.102. The van der Waals surface area contributed by atoms with Gasteiger partial charge in [-0.15, -0.1) is 11.3 Å². The van der Waals surface area contributed by atoms with Crippen LogP contribution in [0.4, 0.5) is 0 Å². The van der Waals surface area contributed by atoms with Crippen LogP contribution in [0.5, 0.6) is 0 Å². The maximum Gasteiger partial charge on any atom is 0.260 e. The Bertz CT molecular complexity index is 837. The van der Waals surface area contributed by atoms with E-state index < -0.39 is 0 Å². The number of aromatic amines is 1. The highest BCUT2D eigenvalue weighted by Gasteiger charge is 2.13. The van der Waals surface area contributed by atoms with E-state index in [0.29, 0.717) is 19.0 Å². The Morgan fingerprint density at radius 2 is 2.00 bits per heavy atom. The maximum absolute atomic E-state index is 12.3. The molecule has 2 aromatic heterocycles. The Balaban J connectivity index is 1.79. The minimum atomic E-state index is -0.0653. The SMILES string of the molecule is CCc1c(C)sc2nc(COCc3ccccc3)[nH]c(=O)c12. The summed E-state index contributed by atoms with van der Waals surface area (Å²) in [5, 5.41) is 0.733. The summed E-state index contributed by atoms with van der Waals surface area (Å²) in [6.07, 6.45) is 0.848. The third-order valence-electron chi connectivity index (χ3n) is 3.62. The molecule has 0 atom stereocenters. The molecule has 0 aliphatic rings. The van der Waals surface area contributed by atoms with Crippen molar-refractivity contribution in [1.82, 2.24) is 9.97 Å². The average molecular weight is 314 g/mol. The summed E-state index contributed by atoms with van der Waals surface area (Å²) in [5.74, 6) is 0.581. The molecule has 0 spiro atoms. The van der Waals surface area contributed by atoms with Crippen molar-refractivity contribution in [3.8, 4) is 0 Å². The molecule has 1 aromatic carbocycles. The predicted octanol–water partition coefficient (Wildman–Crippen LogP) is 3.57. The van der Waals surface area contributed by atoms with Crippen LogP contribution in [0, 0.1) is 6.92 Å². The molecular weight excluding hydrogens is 296 g/mol. The summed E-state index contributed by atoms with van der Waals surface area (Å²) < 4.78 is 5.65. The van der Waals surface area contributed by atoms with Gasteiger partial charge < -0.3 is 9.72 Å². The van der Waals surface area contributed by atoms with E-state index in [1.807, 2.05) is 37.3 Å². The van der Waals surface area contributed by atoms with Gasteiger partial charge in [-0.1, -0.05) is 37.3 Å². The second-order valence-corrected chi connectivity index (χ2v) is 6.36. The van der Waals surface area contributed by atoms with Crippen molar-refractivity contribution < 1.29 is 4.74 Å². The van der Waals surface area contributed by atoms with E-state index in [1.165, 1.54) is 0 Å². The number of fused-ring (bicyclic) bond motifs is 1. The Hall–Kier alpha value is -1.98. The molecule has 22 heavy (non-hydrogen) atoms. The molecular formula is C17H18N2O2S. The van der Waals surface area contributed by atoms with Crippen LogP contribution in [-0.4, -0.2) is 9.97 Å². The van der Waals surface area contributed by atoms with E-state index in [1.54, 1.807) is 11.3 Å². The fourth-order valence-corrected chi connectivity index (χ4v) is 3.69. The first-order valence-electron chi connectivity index (χ1n) is 7.32. The lowest BCUT2D eigenvalue weighted by Gasteiger charge is -2.04. The van der Waals surface area contributed by atoms with Gasteiger partial charge in [0.2, 0.25) is 0 Å². The van der Waals surface area contributed by atoms with Gasteiger partial charge in [0, 0.05) is 4.88 Å². The molecule has 0 amide bonds. The molecule has 0 radical (unpaired) electrons. The van der Waals surface area contributed by atoms with Crippen LogP contribution in [-0.2, 0) is 24.4 Å². The monoisotopic (exact) mass is 314 g/mol. The van der Waals surface area contributed by atoms with Gasteiger partial charge >= 0.3 is 0 Å². The number of aromatic nitrogens is 2. The second kappa shape index (κ2) is 6.42. The van der Waals surface area contributed by atoms with Gasteiger partial charge in [0.25, 0.3) is 5.56 Å². The zero-order valence-corrected chi connectivity index (χ0v) is 13.5. The zero-order chi connectivity index (χ0) is 15.5. The molecule has 4 nitrogen and oxygen atoms in total. The fraction of sp³-hybridized carbons (Fsp3) is 0.294. The first-order chi connectivity index (χ1) is 10.7. The number of nitrogens with one attached hydrogen (secondary N) is 1. The van der Waals surface area contributed by atoms with Gasteiger partial charge in [0.05, 0.1) is 12.0 Å². The summed E-state index contributed by atoms with van der Waals surface area (Å²) in [6.45, 7) is 4.91. The quantitative estimate of drug-likeness (QED) is 0.783. The number of hydrogen-bond donors (Lipinski definition) is 1. The standard InChI is InChI=1S/C17H18N2O2S/c1-3-13-11(2)22-17-15(13)16(20)18-14(19-17)10-21-9-12-7-5-4-6-8-12/h4-8H,3,9-10H2,1-2H3,(H,18,19,20). The van der Waals surface area contributed by atoms with Crippen molar-refractivity contribution in [3.63, 3.8) is 0 Å². The van der Waals surface area contributed by atoms with Crippen LogP contribution in [0.1, 0.15) is 28.8 Å². The number of aryl methyl sites for hydroxylation is 2. The number of H-pyrrole nitrogens is 1. The Labute approximate surface area is 132 Å². The average Bonchev–Trinajstić information content (AvgIpc) is 2.84. The molecule has 114 valence electrons. The Kier molecular flexibility index (Phi) is 4.36. The number of hydrogen-bond acceptors (Lipinski definition) is 4. The number of benzene rings is 1. The van der Waals surface area contributed by atoms with Crippen LogP contribution < -0.4 is 5.56 Å². The van der Waals surface area contributed by atoms with Gasteiger partial charge in [-0.3, -0.25) is 4.79 Å². The van der Waals surface area contributed by atoms with E-state index in [9.17, 15) is 4.79 Å². The molecule has 2 heterocycles. The first kappa shape index (κ1) is 14.9. The molecule has 0 saturated carbocycles. The molecule has 0 fully saturated rings. The molecule has 3 aromatic rings. The van der Waals surface area contributed by atoms with E-state index in [0.717, 1.165) is 32.6 Å². The van der Waals surface area contributed by atoms with Crippen molar-refractivity contribution in [2.75, 3.05) is 0 Å². The highest BCUT2D eigenvalue weighted by Crippen LogP contribution is 2.27. The predicted molar refractivity (Wildman–Crippen MR) is 89.3 cm³/mol. The van der Waals surface area contributed by atoms with Crippen LogP contribution in [0.25, 0.3) is 10.2 Å². The van der Waals surface area contributed by atoms with E-state index >= 15 is 0 Å². The lowest BCUT2D eigenvalue weighted by atomic mass is 10.1. The largest absolute Gasteiger partial charge is 0.369 e. The zero-order valence-electron chi connectivity index (χ0n) is 12.7. The summed E-state index contributed by atoms with van der Waals surface area (Å²) in [6, 6.07) is 9.95. The Morgan fingerprint density at radius 1 is 1.23 bits per heavy atom. The topological polar surface area (TPSA) is 55.0 Å². The Morgan fingerprint density at radius 3 is 2.73 bits per heavy atom. The molecule has 1 N–H and O–H groups in total. The van der Waals surface area contributed by atoms with Crippen molar-refractivity contribution >= 4 is 21.6 Å². The minimum Gasteiger partial charge on any atom is -0.369 e. The molecule has 0 unspecified atom stereocenters. The number of thiophene rings is 1. The van der Waals surface area contributed by atoms with Gasteiger partial charge in [0.1, 0.15) is 17.3 Å². The summed E-state index contributed by atoms with van der Waals surface area (Å²) in [5.41, 5.74) is 2.14. The third kappa shape index (κ3) is 2.96. The minimum absolute atomic E-state index is 0.0653. The van der Waals surface area contributed by atoms with Crippen molar-refractivity contribution in [2.45, 2.75) is 33.5 Å². The number of rotatable bonds is 5.